The second-order valence-corrected chi connectivity index (χ2v) is 7.31. The molecular weight excluding hydrogens is 351 g/mol. The van der Waals surface area contributed by atoms with E-state index in [2.05, 4.69) is 0 Å². The number of benzene rings is 2. The van der Waals surface area contributed by atoms with Gasteiger partial charge in [-0.2, -0.15) is 0 Å². The summed E-state index contributed by atoms with van der Waals surface area (Å²) in [7, 11) is -4.22. The molecule has 0 aliphatic carbocycles. The number of rotatable bonds is 2. The first-order valence-electron chi connectivity index (χ1n) is 6.04. The van der Waals surface area contributed by atoms with E-state index >= 15 is 0 Å². The van der Waals surface area contributed by atoms with Crippen LogP contribution in [0.25, 0.3) is 10.8 Å². The van der Waals surface area contributed by atoms with Crippen molar-refractivity contribution in [1.29, 1.82) is 0 Å². The third-order valence-corrected chi connectivity index (χ3v) is 5.61. The van der Waals surface area contributed by atoms with E-state index in [1.165, 1.54) is 12.1 Å². The fourth-order valence-electron chi connectivity index (χ4n) is 2.15. The minimum Gasteiger partial charge on any atom is -0.275 e. The van der Waals surface area contributed by atoms with E-state index in [4.69, 9.17) is 23.2 Å². The number of imide groups is 1. The van der Waals surface area contributed by atoms with Crippen LogP contribution >= 0.6 is 23.2 Å². The van der Waals surface area contributed by atoms with Gasteiger partial charge in [-0.3, -0.25) is 10.1 Å². The van der Waals surface area contributed by atoms with Crippen LogP contribution < -0.4 is 5.32 Å². The molecule has 1 saturated heterocycles. The molecule has 1 fully saturated rings. The quantitative estimate of drug-likeness (QED) is 0.835. The van der Waals surface area contributed by atoms with Gasteiger partial charge in [-0.05, 0) is 35.0 Å². The van der Waals surface area contributed by atoms with Crippen molar-refractivity contribution in [1.82, 2.24) is 9.62 Å². The lowest BCUT2D eigenvalue weighted by Gasteiger charge is -2.15. The molecule has 2 aromatic carbocycles. The number of urea groups is 1. The molecule has 1 aliphatic heterocycles. The minimum atomic E-state index is -4.22. The molecule has 0 saturated carbocycles. The number of hydrogen-bond donors (Lipinski definition) is 1. The van der Waals surface area contributed by atoms with Crippen molar-refractivity contribution in [2.75, 3.05) is 6.54 Å². The average Bonchev–Trinajstić information content (AvgIpc) is 2.77. The van der Waals surface area contributed by atoms with Gasteiger partial charge in [0.25, 0.3) is 10.0 Å². The van der Waals surface area contributed by atoms with Crippen LogP contribution in [0.4, 0.5) is 4.79 Å². The Bertz CT molecular complexity index is 927. The van der Waals surface area contributed by atoms with Crippen LogP contribution in [0.15, 0.2) is 35.2 Å². The van der Waals surface area contributed by atoms with Crippen molar-refractivity contribution >= 4 is 55.9 Å². The van der Waals surface area contributed by atoms with Gasteiger partial charge in [0.05, 0.1) is 5.02 Å². The Morgan fingerprint density at radius 3 is 2.41 bits per heavy atom. The van der Waals surface area contributed by atoms with Crippen molar-refractivity contribution in [3.8, 4) is 0 Å². The molecule has 9 heteroatoms. The molecular formula is C13H8Cl2N2O4S. The molecule has 0 unspecified atom stereocenters. The molecule has 22 heavy (non-hydrogen) atoms. The lowest BCUT2D eigenvalue weighted by Crippen LogP contribution is -2.34. The zero-order chi connectivity index (χ0) is 16.1. The highest BCUT2D eigenvalue weighted by molar-refractivity contribution is 7.89. The smallest absolute Gasteiger partial charge is 0.275 e. The number of carbonyl (C=O) groups is 2. The SMILES string of the molecule is O=C1CN(S(=O)(=O)c2cc3ccc(Cl)cc3cc2Cl)C(=O)N1. The Balaban J connectivity index is 2.17. The molecule has 3 amide bonds. The summed E-state index contributed by atoms with van der Waals surface area (Å²) in [5.41, 5.74) is 0. The second kappa shape index (κ2) is 5.12. The molecule has 114 valence electrons. The Kier molecular flexibility index (Phi) is 3.51. The van der Waals surface area contributed by atoms with E-state index in [9.17, 15) is 18.0 Å². The van der Waals surface area contributed by atoms with E-state index in [1.54, 1.807) is 18.2 Å². The van der Waals surface area contributed by atoms with Crippen LogP contribution in [0.5, 0.6) is 0 Å². The largest absolute Gasteiger partial charge is 0.338 e. The molecule has 0 aromatic heterocycles. The normalized spacial score (nSPS) is 15.5. The standard InChI is InChI=1S/C13H8Cl2N2O4S/c14-9-2-1-7-5-11(10(15)4-8(7)3-9)22(20,21)17-6-12(18)16-13(17)19/h1-5H,6H2,(H,16,18,19). The zero-order valence-corrected chi connectivity index (χ0v) is 13.2. The summed E-state index contributed by atoms with van der Waals surface area (Å²) in [6.07, 6.45) is 0. The lowest BCUT2D eigenvalue weighted by molar-refractivity contribution is -0.118. The Morgan fingerprint density at radius 1 is 1.05 bits per heavy atom. The summed E-state index contributed by atoms with van der Waals surface area (Å²) in [6.45, 7) is -0.559. The molecule has 3 rings (SSSR count). The van der Waals surface area contributed by atoms with E-state index in [0.717, 1.165) is 0 Å². The van der Waals surface area contributed by atoms with Gasteiger partial charge in [-0.25, -0.2) is 17.5 Å². The van der Waals surface area contributed by atoms with Gasteiger partial charge in [-0.15, -0.1) is 0 Å². The van der Waals surface area contributed by atoms with E-state index in [0.29, 0.717) is 20.1 Å². The number of nitrogens with one attached hydrogen (secondary N) is 1. The average molecular weight is 359 g/mol. The summed E-state index contributed by atoms with van der Waals surface area (Å²) in [6, 6.07) is 6.70. The van der Waals surface area contributed by atoms with Crippen molar-refractivity contribution in [2.24, 2.45) is 0 Å². The third kappa shape index (κ3) is 2.41. The highest BCUT2D eigenvalue weighted by atomic mass is 35.5. The highest BCUT2D eigenvalue weighted by Gasteiger charge is 2.38. The number of sulfonamides is 1. The maximum Gasteiger partial charge on any atom is 0.338 e. The van der Waals surface area contributed by atoms with Crippen LogP contribution in [0.1, 0.15) is 0 Å². The maximum atomic E-state index is 12.5. The number of fused-ring (bicyclic) bond motifs is 1. The molecule has 0 radical (unpaired) electrons. The van der Waals surface area contributed by atoms with Crippen molar-refractivity contribution in [3.63, 3.8) is 0 Å². The summed E-state index contributed by atoms with van der Waals surface area (Å²) < 4.78 is 25.5. The first-order chi connectivity index (χ1) is 10.3. The monoisotopic (exact) mass is 358 g/mol. The van der Waals surface area contributed by atoms with Crippen molar-refractivity contribution in [2.45, 2.75) is 4.90 Å². The van der Waals surface area contributed by atoms with Crippen LogP contribution in [0.2, 0.25) is 10.0 Å². The first-order valence-corrected chi connectivity index (χ1v) is 8.24. The van der Waals surface area contributed by atoms with Crippen LogP contribution in [0, 0.1) is 0 Å². The molecule has 1 heterocycles. The van der Waals surface area contributed by atoms with Gasteiger partial charge < -0.3 is 0 Å². The van der Waals surface area contributed by atoms with Crippen LogP contribution in [-0.2, 0) is 14.8 Å². The number of nitrogens with zero attached hydrogens (tertiary/aromatic N) is 1. The summed E-state index contributed by atoms with van der Waals surface area (Å²) >= 11 is 11.9. The lowest BCUT2D eigenvalue weighted by atomic mass is 10.1. The molecule has 1 N–H and O–H groups in total. The molecule has 0 bridgehead atoms. The van der Waals surface area contributed by atoms with Gasteiger partial charge >= 0.3 is 6.03 Å². The van der Waals surface area contributed by atoms with Crippen molar-refractivity contribution < 1.29 is 18.0 Å². The number of amides is 3. The summed E-state index contributed by atoms with van der Waals surface area (Å²) in [5, 5.41) is 3.61. The fourth-order valence-corrected chi connectivity index (χ4v) is 4.17. The first kappa shape index (κ1) is 15.1. The third-order valence-electron chi connectivity index (χ3n) is 3.18. The number of carbonyl (C=O) groups excluding carboxylic acids is 2. The van der Waals surface area contributed by atoms with Gasteiger partial charge in [0.1, 0.15) is 11.4 Å². The minimum absolute atomic E-state index is 0.0538. The Labute approximate surface area is 135 Å². The van der Waals surface area contributed by atoms with Gasteiger partial charge in [0.15, 0.2) is 0 Å². The molecule has 0 atom stereocenters. The van der Waals surface area contributed by atoms with Gasteiger partial charge in [0, 0.05) is 5.02 Å². The van der Waals surface area contributed by atoms with Crippen molar-refractivity contribution in [3.05, 3.63) is 40.4 Å². The Morgan fingerprint density at radius 2 is 1.77 bits per heavy atom. The fraction of sp³-hybridized carbons (Fsp3) is 0.0769. The zero-order valence-electron chi connectivity index (χ0n) is 10.8. The van der Waals surface area contributed by atoms with E-state index < -0.39 is 28.5 Å². The molecule has 6 nitrogen and oxygen atoms in total. The molecule has 1 aliphatic rings. The summed E-state index contributed by atoms with van der Waals surface area (Å²) in [4.78, 5) is 22.5. The van der Waals surface area contributed by atoms with E-state index in [1.807, 2.05) is 5.32 Å². The highest BCUT2D eigenvalue weighted by Crippen LogP contribution is 2.31. The molecule has 0 spiro atoms. The number of halogens is 2. The predicted octanol–water partition coefficient (Wildman–Crippen LogP) is 2.39. The topological polar surface area (TPSA) is 83.6 Å². The summed E-state index contributed by atoms with van der Waals surface area (Å²) in [5.74, 6) is -0.683. The predicted molar refractivity (Wildman–Crippen MR) is 81.4 cm³/mol. The second-order valence-electron chi connectivity index (χ2n) is 4.64. The van der Waals surface area contributed by atoms with Gasteiger partial charge in [-0.1, -0.05) is 29.3 Å². The van der Waals surface area contributed by atoms with E-state index in [-0.39, 0.29) is 9.92 Å². The molecule has 2 aromatic rings. The number of hydrogen-bond acceptors (Lipinski definition) is 4. The maximum absolute atomic E-state index is 12.5. The van der Waals surface area contributed by atoms with Gasteiger partial charge in [0.2, 0.25) is 5.91 Å². The van der Waals surface area contributed by atoms with Crippen LogP contribution in [-0.4, -0.2) is 31.2 Å². The van der Waals surface area contributed by atoms with Crippen LogP contribution in [0.3, 0.4) is 0 Å². The Hall–Kier alpha value is -1.83.